The van der Waals surface area contributed by atoms with Gasteiger partial charge in [0.15, 0.2) is 0 Å². The van der Waals surface area contributed by atoms with E-state index in [1.165, 1.54) is 4.90 Å². The fraction of sp³-hybridized carbons (Fsp3) is 0.381. The molecule has 1 aliphatic heterocycles. The van der Waals surface area contributed by atoms with Gasteiger partial charge in [-0.3, -0.25) is 26.2 Å². The zero-order valence-corrected chi connectivity index (χ0v) is 34.2. The molecule has 0 saturated carbocycles. The third-order valence-corrected chi connectivity index (χ3v) is 8.06. The summed E-state index contributed by atoms with van der Waals surface area (Å²) in [6.45, 7) is 13.1. The summed E-state index contributed by atoms with van der Waals surface area (Å²) < 4.78 is 21.7. The number of ether oxygens (including phenoxy) is 2. The summed E-state index contributed by atoms with van der Waals surface area (Å²) in [5.41, 5.74) is 8.75. The Hall–Kier alpha value is -5.78. The number of fused-ring (bicyclic) bond motifs is 3. The molecule has 316 valence electrons. The highest BCUT2D eigenvalue weighted by Crippen LogP contribution is 2.26. The van der Waals surface area contributed by atoms with Gasteiger partial charge in [0.2, 0.25) is 0 Å². The highest BCUT2D eigenvalue weighted by atomic mass is 16.6. The molecule has 1 aliphatic rings. The van der Waals surface area contributed by atoms with Crippen LogP contribution < -0.4 is 28.1 Å². The number of carbonyl (C=O) groups excluding carboxylic acids is 4. The minimum atomic E-state index is -0.674. The Labute approximate surface area is 338 Å². The van der Waals surface area contributed by atoms with Crippen molar-refractivity contribution in [3.05, 3.63) is 108 Å². The first-order valence-corrected chi connectivity index (χ1v) is 18.5. The van der Waals surface area contributed by atoms with Gasteiger partial charge >= 0.3 is 12.2 Å². The van der Waals surface area contributed by atoms with Crippen LogP contribution >= 0.6 is 0 Å². The fourth-order valence-electron chi connectivity index (χ4n) is 5.84. The summed E-state index contributed by atoms with van der Waals surface area (Å²) in [5, 5.41) is 15.2. The number of alkyl carbamates (subject to hydrolysis) is 2. The van der Waals surface area contributed by atoms with Crippen LogP contribution in [0.1, 0.15) is 80.3 Å². The Morgan fingerprint density at radius 1 is 0.707 bits per heavy atom. The van der Waals surface area contributed by atoms with Crippen molar-refractivity contribution < 1.29 is 48.1 Å². The molecule has 0 saturated heterocycles. The Morgan fingerprint density at radius 3 is 1.47 bits per heavy atom. The van der Waals surface area contributed by atoms with Gasteiger partial charge in [-0.2, -0.15) is 0 Å². The molecule has 6 rings (SSSR count). The monoisotopic (exact) mass is 806 g/mol. The number of imide groups is 1. The zero-order valence-electron chi connectivity index (χ0n) is 34.2. The lowest BCUT2D eigenvalue weighted by Gasteiger charge is -2.26. The number of hydrogen-bond donors (Lipinski definition) is 6. The van der Waals surface area contributed by atoms with E-state index >= 15 is 0 Å². The SMILES string of the molecule is CC(C)(C)OC(=O)N[C@@H](CN)Cc1coc2ccccc12.CC(C)(C)OC(=O)N[C@H](Cc1coc2ccccc12)CN1C(=O)c2ccccc2C1=O.CCO.NN.O. The number of nitrogens with two attached hydrogens (primary N) is 3. The van der Waals surface area contributed by atoms with Gasteiger partial charge in [-0.15, -0.1) is 0 Å². The summed E-state index contributed by atoms with van der Waals surface area (Å²) in [6, 6.07) is 21.3. The van der Waals surface area contributed by atoms with Crippen LogP contribution in [0.2, 0.25) is 0 Å². The van der Waals surface area contributed by atoms with Crippen molar-refractivity contribution in [3.8, 4) is 0 Å². The molecule has 0 spiro atoms. The number of amides is 4. The van der Waals surface area contributed by atoms with Crippen LogP contribution in [-0.2, 0) is 22.3 Å². The first-order chi connectivity index (χ1) is 27.0. The number of para-hydroxylation sites is 2. The van der Waals surface area contributed by atoms with Crippen LogP contribution in [-0.4, -0.2) is 82.5 Å². The van der Waals surface area contributed by atoms with Crippen LogP contribution in [0.5, 0.6) is 0 Å². The third kappa shape index (κ3) is 14.0. The standard InChI is InChI=1S/C24H24N2O5.C16H22N2O3.C2H6O.H4N2.H2O/c1-24(2,3)31-23(29)25-16(12-15-14-30-20-11-7-6-8-17(15)20)13-26-21(27)18-9-4-5-10-19(18)22(26)28;1-16(2,3)21-15(19)18-12(9-17)8-11-10-20-14-7-5-4-6-13(11)14;1-2-3;1-2;/h4-11,14,16H,12-13H2,1-3H3,(H,25,29);4-7,10,12H,8-9,17H2,1-3H3,(H,18,19);3H,2H2,1H3;1-2H2;1H2/t16-;12-;;;/m11.../s1. The van der Waals surface area contributed by atoms with Gasteiger partial charge in [0.25, 0.3) is 11.8 Å². The van der Waals surface area contributed by atoms with Gasteiger partial charge in [0, 0.05) is 41.1 Å². The zero-order chi connectivity index (χ0) is 42.3. The average Bonchev–Trinajstić information content (AvgIpc) is 3.82. The molecule has 16 heteroatoms. The summed E-state index contributed by atoms with van der Waals surface area (Å²) in [4.78, 5) is 51.1. The fourth-order valence-corrected chi connectivity index (χ4v) is 5.84. The highest BCUT2D eigenvalue weighted by molar-refractivity contribution is 6.21. The van der Waals surface area contributed by atoms with Gasteiger partial charge in [-0.1, -0.05) is 48.5 Å². The number of benzene rings is 3. The molecule has 2 aromatic heterocycles. The second-order valence-electron chi connectivity index (χ2n) is 14.9. The van der Waals surface area contributed by atoms with Gasteiger partial charge < -0.3 is 45.3 Å². The normalized spacial score (nSPS) is 13.0. The predicted octanol–water partition coefficient (Wildman–Crippen LogP) is 4.98. The van der Waals surface area contributed by atoms with E-state index in [1.807, 2.05) is 69.3 Å². The number of nitrogens with one attached hydrogen (secondary N) is 2. The van der Waals surface area contributed by atoms with Crippen LogP contribution in [0.15, 0.2) is 94.2 Å². The first kappa shape index (κ1) is 48.4. The van der Waals surface area contributed by atoms with Crippen LogP contribution in [0.3, 0.4) is 0 Å². The number of nitrogens with zero attached hydrogens (tertiary/aromatic N) is 1. The number of hydrogen-bond acceptors (Lipinski definition) is 12. The Kier molecular flexibility index (Phi) is 18.5. The maximum Gasteiger partial charge on any atom is 0.407 e. The van der Waals surface area contributed by atoms with Gasteiger partial charge in [0.05, 0.1) is 36.2 Å². The van der Waals surface area contributed by atoms with Gasteiger partial charge in [0.1, 0.15) is 22.4 Å². The average molecular weight is 807 g/mol. The number of rotatable bonds is 9. The van der Waals surface area contributed by atoms with E-state index < -0.39 is 29.4 Å². The molecule has 58 heavy (non-hydrogen) atoms. The number of aliphatic hydroxyl groups excluding tert-OH is 1. The number of aliphatic hydroxyl groups is 1. The molecule has 4 amide bonds. The van der Waals surface area contributed by atoms with Crippen molar-refractivity contribution in [1.82, 2.24) is 15.5 Å². The Morgan fingerprint density at radius 2 is 1.07 bits per heavy atom. The first-order valence-electron chi connectivity index (χ1n) is 18.5. The number of carbonyl (C=O) groups is 4. The van der Waals surface area contributed by atoms with E-state index in [4.69, 9.17) is 29.1 Å². The number of hydrazine groups is 1. The number of furan rings is 2. The van der Waals surface area contributed by atoms with E-state index in [1.54, 1.807) is 64.5 Å². The lowest BCUT2D eigenvalue weighted by atomic mass is 10.0. The minimum Gasteiger partial charge on any atom is -0.464 e. The van der Waals surface area contributed by atoms with Crippen molar-refractivity contribution in [3.63, 3.8) is 0 Å². The lowest BCUT2D eigenvalue weighted by molar-refractivity contribution is 0.0467. The molecule has 0 fully saturated rings. The summed E-state index contributed by atoms with van der Waals surface area (Å²) in [6.07, 6.45) is 3.25. The summed E-state index contributed by atoms with van der Waals surface area (Å²) in [7, 11) is 0. The topological polar surface area (TPSA) is 270 Å². The van der Waals surface area contributed by atoms with Crippen molar-refractivity contribution in [2.75, 3.05) is 19.7 Å². The molecule has 2 atom stereocenters. The predicted molar refractivity (Wildman–Crippen MR) is 222 cm³/mol. The molecule has 16 nitrogen and oxygen atoms in total. The summed E-state index contributed by atoms with van der Waals surface area (Å²) >= 11 is 0. The Bertz CT molecular complexity index is 2050. The van der Waals surface area contributed by atoms with E-state index in [2.05, 4.69) is 22.3 Å². The van der Waals surface area contributed by atoms with E-state index in [-0.39, 0.29) is 36.5 Å². The molecule has 0 radical (unpaired) electrons. The van der Waals surface area contributed by atoms with Crippen LogP contribution in [0.25, 0.3) is 21.9 Å². The minimum absolute atomic E-state index is 0. The molecule has 0 aliphatic carbocycles. The highest BCUT2D eigenvalue weighted by Gasteiger charge is 2.37. The summed E-state index contributed by atoms with van der Waals surface area (Å²) in [5.74, 6) is 7.27. The molecule has 0 bridgehead atoms. The van der Waals surface area contributed by atoms with E-state index in [0.29, 0.717) is 30.5 Å². The maximum atomic E-state index is 12.8. The largest absolute Gasteiger partial charge is 0.464 e. The molecule has 3 heterocycles. The maximum absolute atomic E-state index is 12.8. The second kappa shape index (κ2) is 22.2. The van der Waals surface area contributed by atoms with E-state index in [9.17, 15) is 19.2 Å². The van der Waals surface area contributed by atoms with Gasteiger partial charge in [-0.25, -0.2) is 9.59 Å². The molecule has 3 aromatic carbocycles. The Balaban J connectivity index is 0.000000375. The molecule has 0 unspecified atom stereocenters. The van der Waals surface area contributed by atoms with Crippen LogP contribution in [0, 0.1) is 0 Å². The van der Waals surface area contributed by atoms with E-state index in [0.717, 1.165) is 33.1 Å². The molecular weight excluding hydrogens is 748 g/mol. The lowest BCUT2D eigenvalue weighted by Crippen LogP contribution is -2.48. The second-order valence-corrected chi connectivity index (χ2v) is 14.9. The van der Waals surface area contributed by atoms with Gasteiger partial charge in [-0.05, 0) is 85.6 Å². The van der Waals surface area contributed by atoms with Crippen molar-refractivity contribution >= 4 is 45.9 Å². The van der Waals surface area contributed by atoms with Crippen molar-refractivity contribution in [1.29, 1.82) is 0 Å². The molecule has 5 aromatic rings. The third-order valence-electron chi connectivity index (χ3n) is 8.06. The molecular formula is C42H58N6O10. The van der Waals surface area contributed by atoms with Crippen LogP contribution in [0.4, 0.5) is 9.59 Å². The van der Waals surface area contributed by atoms with Crippen molar-refractivity contribution in [2.24, 2.45) is 17.4 Å². The van der Waals surface area contributed by atoms with Crippen molar-refractivity contribution in [2.45, 2.75) is 84.6 Å². The molecule has 11 N–H and O–H groups in total. The quantitative estimate of drug-likeness (QED) is 0.0654. The smallest absolute Gasteiger partial charge is 0.407 e.